The first-order valence-corrected chi connectivity index (χ1v) is 6.81. The van der Waals surface area contributed by atoms with Crippen LogP contribution in [0.4, 0.5) is 0 Å². The maximum atomic E-state index is 11.9. The van der Waals surface area contributed by atoms with Gasteiger partial charge in [-0.15, -0.1) is 0 Å². The summed E-state index contributed by atoms with van der Waals surface area (Å²) in [7, 11) is 0. The molecule has 2 atom stereocenters. The van der Waals surface area contributed by atoms with Crippen molar-refractivity contribution in [3.8, 4) is 0 Å². The molecule has 5 nitrogen and oxygen atoms in total. The van der Waals surface area contributed by atoms with Crippen LogP contribution < -0.4 is 0 Å². The van der Waals surface area contributed by atoms with Gasteiger partial charge in [0.05, 0.1) is 13.2 Å². The monoisotopic (exact) mass is 268 g/mol. The van der Waals surface area contributed by atoms with Gasteiger partial charge in [-0.05, 0) is 33.6 Å². The van der Waals surface area contributed by atoms with Gasteiger partial charge in [0, 0.05) is 0 Å². The molecule has 0 saturated carbocycles. The molecule has 108 valence electrons. The predicted octanol–water partition coefficient (Wildman–Crippen LogP) is 2.24. The zero-order valence-corrected chi connectivity index (χ0v) is 12.7. The van der Waals surface area contributed by atoms with E-state index in [-0.39, 0.29) is 17.7 Å². The third-order valence-electron chi connectivity index (χ3n) is 3.15. The molecule has 1 aliphatic rings. The minimum absolute atomic E-state index is 0.0980. The van der Waals surface area contributed by atoms with Crippen LogP contribution in [-0.2, 0) is 14.3 Å². The normalized spacial score (nSPS) is 26.8. The van der Waals surface area contributed by atoms with Crippen molar-refractivity contribution in [3.05, 3.63) is 0 Å². The molecule has 0 aromatic rings. The maximum absolute atomic E-state index is 11.9. The maximum Gasteiger partial charge on any atom is 0.220 e. The molecule has 1 aliphatic heterocycles. The molecule has 0 unspecified atom stereocenters. The average Bonchev–Trinajstić information content (AvgIpc) is 2.32. The van der Waals surface area contributed by atoms with Crippen molar-refractivity contribution in [2.75, 3.05) is 13.2 Å². The first-order valence-electron chi connectivity index (χ1n) is 6.81. The van der Waals surface area contributed by atoms with Crippen LogP contribution in [0.3, 0.4) is 0 Å². The van der Waals surface area contributed by atoms with Crippen molar-refractivity contribution < 1.29 is 14.3 Å². The number of ether oxygens (including phenoxy) is 2. The number of hydrogen-bond donors (Lipinski definition) is 0. The lowest BCUT2D eigenvalue weighted by atomic mass is 9.93. The summed E-state index contributed by atoms with van der Waals surface area (Å²) in [4.78, 5) is 21.0. The highest BCUT2D eigenvalue weighted by Crippen LogP contribution is 2.25. The van der Waals surface area contributed by atoms with E-state index < -0.39 is 5.54 Å². The number of hydrogen-bond acceptors (Lipinski definition) is 5. The molecule has 0 bridgehead atoms. The molecule has 0 N–H and O–H groups in total. The number of nitrogens with zero attached hydrogens (tertiary/aromatic N) is 2. The van der Waals surface area contributed by atoms with Gasteiger partial charge in [-0.1, -0.05) is 13.8 Å². The summed E-state index contributed by atoms with van der Waals surface area (Å²) in [5.74, 6) is 1.06. The fraction of sp³-hybridized carbons (Fsp3) is 0.786. The zero-order valence-electron chi connectivity index (χ0n) is 12.7. The van der Waals surface area contributed by atoms with E-state index in [2.05, 4.69) is 9.98 Å². The molecule has 0 aromatic carbocycles. The van der Waals surface area contributed by atoms with Gasteiger partial charge in [-0.2, -0.15) is 0 Å². The van der Waals surface area contributed by atoms with Crippen molar-refractivity contribution in [3.63, 3.8) is 0 Å². The first kappa shape index (κ1) is 15.7. The highest BCUT2D eigenvalue weighted by atomic mass is 16.5. The molecular weight excluding hydrogens is 244 g/mol. The second-order valence-corrected chi connectivity index (χ2v) is 5.07. The molecule has 0 amide bonds. The molecule has 1 heterocycles. The second-order valence-electron chi connectivity index (χ2n) is 5.07. The lowest BCUT2D eigenvalue weighted by Crippen LogP contribution is -2.49. The highest BCUT2D eigenvalue weighted by Gasteiger charge is 2.43. The Hall–Kier alpha value is -1.39. The van der Waals surface area contributed by atoms with E-state index >= 15 is 0 Å². The fourth-order valence-corrected chi connectivity index (χ4v) is 1.89. The van der Waals surface area contributed by atoms with Gasteiger partial charge in [0.25, 0.3) is 0 Å². The van der Waals surface area contributed by atoms with E-state index in [9.17, 15) is 4.79 Å². The topological polar surface area (TPSA) is 60.2 Å². The summed E-state index contributed by atoms with van der Waals surface area (Å²) < 4.78 is 11.1. The van der Waals surface area contributed by atoms with Crippen molar-refractivity contribution in [1.29, 1.82) is 0 Å². The molecule has 19 heavy (non-hydrogen) atoms. The SMILES string of the molecule is CCOC1=N[C@](C)(C(C)=O)C(OCC)=N[C@H]1C(C)C. The number of rotatable bonds is 4. The Morgan fingerprint density at radius 3 is 2.32 bits per heavy atom. The van der Waals surface area contributed by atoms with Gasteiger partial charge in [-0.3, -0.25) is 4.79 Å². The third-order valence-corrected chi connectivity index (χ3v) is 3.15. The molecule has 0 aliphatic carbocycles. The van der Waals surface area contributed by atoms with Gasteiger partial charge >= 0.3 is 0 Å². The smallest absolute Gasteiger partial charge is 0.220 e. The molecule has 0 saturated heterocycles. The fourth-order valence-electron chi connectivity index (χ4n) is 1.89. The number of carbonyl (C=O) groups is 1. The van der Waals surface area contributed by atoms with Crippen LogP contribution in [0.1, 0.15) is 41.5 Å². The van der Waals surface area contributed by atoms with E-state index in [0.29, 0.717) is 25.0 Å². The zero-order chi connectivity index (χ0) is 14.6. The molecule has 0 spiro atoms. The summed E-state index contributed by atoms with van der Waals surface area (Å²) >= 11 is 0. The standard InChI is InChI=1S/C14H24N2O3/c1-7-18-12-11(9(3)4)15-13(19-8-2)14(6,16-12)10(5)17/h9,11H,7-8H2,1-6H3/t11-,14+/m0/s1. The molecule has 0 radical (unpaired) electrons. The van der Waals surface area contributed by atoms with Crippen LogP contribution in [0.5, 0.6) is 0 Å². The Bertz CT molecular complexity index is 401. The Labute approximate surface area is 115 Å². The average molecular weight is 268 g/mol. The summed E-state index contributed by atoms with van der Waals surface area (Å²) in [6.07, 6.45) is 0. The van der Waals surface area contributed by atoms with Gasteiger partial charge in [0.15, 0.2) is 11.3 Å². The van der Waals surface area contributed by atoms with Crippen molar-refractivity contribution in [2.24, 2.45) is 15.9 Å². The number of aliphatic imine (C=N–C) groups is 2. The van der Waals surface area contributed by atoms with Gasteiger partial charge in [-0.25, -0.2) is 9.98 Å². The first-order chi connectivity index (χ1) is 8.86. The minimum atomic E-state index is -1.06. The largest absolute Gasteiger partial charge is 0.480 e. The van der Waals surface area contributed by atoms with Crippen molar-refractivity contribution in [2.45, 2.75) is 53.1 Å². The molecular formula is C14H24N2O3. The molecule has 0 fully saturated rings. The van der Waals surface area contributed by atoms with Crippen LogP contribution in [-0.4, -0.2) is 42.4 Å². The van der Waals surface area contributed by atoms with E-state index in [4.69, 9.17) is 9.47 Å². The predicted molar refractivity (Wildman–Crippen MR) is 75.8 cm³/mol. The van der Waals surface area contributed by atoms with Gasteiger partial charge < -0.3 is 9.47 Å². The Balaban J connectivity index is 3.23. The van der Waals surface area contributed by atoms with Gasteiger partial charge in [0.2, 0.25) is 11.8 Å². The Kier molecular flexibility index (Phi) is 5.09. The summed E-state index contributed by atoms with van der Waals surface area (Å²) in [6.45, 7) is 12.0. The quantitative estimate of drug-likeness (QED) is 0.785. The number of ketones is 1. The van der Waals surface area contributed by atoms with E-state index in [0.717, 1.165) is 0 Å². The van der Waals surface area contributed by atoms with Crippen LogP contribution in [0, 0.1) is 5.92 Å². The second kappa shape index (κ2) is 6.17. The van der Waals surface area contributed by atoms with Crippen molar-refractivity contribution in [1.82, 2.24) is 0 Å². The highest BCUT2D eigenvalue weighted by molar-refractivity contribution is 6.13. The summed E-state index contributed by atoms with van der Waals surface area (Å²) in [6, 6.07) is -0.186. The van der Waals surface area contributed by atoms with Crippen LogP contribution in [0.15, 0.2) is 9.98 Å². The summed E-state index contributed by atoms with van der Waals surface area (Å²) in [5.41, 5.74) is -1.06. The van der Waals surface area contributed by atoms with Crippen LogP contribution in [0.25, 0.3) is 0 Å². The summed E-state index contributed by atoms with van der Waals surface area (Å²) in [5, 5.41) is 0. The lowest BCUT2D eigenvalue weighted by Gasteiger charge is -2.32. The van der Waals surface area contributed by atoms with Crippen LogP contribution >= 0.6 is 0 Å². The third kappa shape index (κ3) is 3.14. The Morgan fingerprint density at radius 2 is 1.89 bits per heavy atom. The molecule has 5 heteroatoms. The Morgan fingerprint density at radius 1 is 1.32 bits per heavy atom. The van der Waals surface area contributed by atoms with E-state index in [1.807, 2.05) is 27.7 Å². The number of carbonyl (C=O) groups excluding carboxylic acids is 1. The van der Waals surface area contributed by atoms with E-state index in [1.54, 1.807) is 6.92 Å². The molecule has 0 aromatic heterocycles. The lowest BCUT2D eigenvalue weighted by molar-refractivity contribution is -0.119. The van der Waals surface area contributed by atoms with Crippen LogP contribution in [0.2, 0.25) is 0 Å². The van der Waals surface area contributed by atoms with Gasteiger partial charge in [0.1, 0.15) is 6.04 Å². The van der Waals surface area contributed by atoms with Crippen molar-refractivity contribution >= 4 is 17.6 Å². The minimum Gasteiger partial charge on any atom is -0.480 e. The van der Waals surface area contributed by atoms with E-state index in [1.165, 1.54) is 6.92 Å². The molecule has 1 rings (SSSR count). The number of Topliss-reactive ketones (excluding diaryl/α,β-unsaturated/α-hetero) is 1.